The molecule has 12 heteroatoms. The van der Waals surface area contributed by atoms with Gasteiger partial charge in [0.25, 0.3) is 5.91 Å². The van der Waals surface area contributed by atoms with Crippen LogP contribution in [-0.2, 0) is 6.18 Å². The van der Waals surface area contributed by atoms with Gasteiger partial charge in [0.05, 0.1) is 16.4 Å². The molecule has 36 heavy (non-hydrogen) atoms. The summed E-state index contributed by atoms with van der Waals surface area (Å²) in [7, 11) is 0. The summed E-state index contributed by atoms with van der Waals surface area (Å²) in [6.45, 7) is 0. The smallest absolute Gasteiger partial charge is 0.322 e. The molecule has 0 aliphatic rings. The van der Waals surface area contributed by atoms with Crippen LogP contribution >= 0.6 is 23.4 Å². The van der Waals surface area contributed by atoms with E-state index in [0.29, 0.717) is 5.56 Å². The molecule has 0 aliphatic carbocycles. The van der Waals surface area contributed by atoms with Crippen LogP contribution in [0.1, 0.15) is 17.5 Å². The molecule has 1 N–H and O–H groups in total. The van der Waals surface area contributed by atoms with Crippen molar-refractivity contribution in [3.63, 3.8) is 0 Å². The van der Waals surface area contributed by atoms with Gasteiger partial charge in [-0.3, -0.25) is 4.79 Å². The Morgan fingerprint density at radius 1 is 0.917 bits per heavy atom. The molecule has 0 saturated carbocycles. The highest BCUT2D eigenvalue weighted by atomic mass is 35.5. The van der Waals surface area contributed by atoms with E-state index in [1.807, 2.05) is 0 Å². The summed E-state index contributed by atoms with van der Waals surface area (Å²) in [5.74, 6) is -0.548. The molecule has 4 nitrogen and oxygen atoms in total. The van der Waals surface area contributed by atoms with Crippen molar-refractivity contribution in [1.82, 2.24) is 9.78 Å². The van der Waals surface area contributed by atoms with Gasteiger partial charge in [-0.25, -0.2) is 4.68 Å². The number of amides is 1. The molecular formula is C24H16ClF6N3OS. The monoisotopic (exact) mass is 543 g/mol. The minimum absolute atomic E-state index is 0. The van der Waals surface area contributed by atoms with E-state index in [2.05, 4.69) is 10.4 Å². The number of hydrogen-bond donors (Lipinski definition) is 1. The maximum absolute atomic E-state index is 13.4. The number of rotatable bonds is 5. The fraction of sp³-hybridized carbons (Fsp3) is 0.0833. The van der Waals surface area contributed by atoms with E-state index in [1.54, 1.807) is 12.1 Å². The van der Waals surface area contributed by atoms with Crippen molar-refractivity contribution in [2.75, 3.05) is 5.32 Å². The topological polar surface area (TPSA) is 46.9 Å². The van der Waals surface area contributed by atoms with E-state index in [-0.39, 0.29) is 45.7 Å². The minimum atomic E-state index is -4.69. The SMILES string of the molecule is O=C(Nc1ccc(SC(F)(F)F)cc1)c1ccc(-c2cc(C(F)(F)F)nn2-c2ccccc2Cl)cc1.[HH]. The number of nitrogens with zero attached hydrogens (tertiary/aromatic N) is 2. The van der Waals surface area contributed by atoms with Crippen LogP contribution in [0.15, 0.2) is 83.8 Å². The first kappa shape index (κ1) is 25.6. The average Bonchev–Trinajstić information content (AvgIpc) is 3.26. The van der Waals surface area contributed by atoms with E-state index in [9.17, 15) is 31.1 Å². The van der Waals surface area contributed by atoms with Crippen LogP contribution in [-0.4, -0.2) is 21.2 Å². The van der Waals surface area contributed by atoms with Crippen molar-refractivity contribution < 1.29 is 32.6 Å². The van der Waals surface area contributed by atoms with E-state index in [0.717, 1.165) is 10.7 Å². The summed E-state index contributed by atoms with van der Waals surface area (Å²) < 4.78 is 78.6. The lowest BCUT2D eigenvalue weighted by atomic mass is 10.1. The first-order chi connectivity index (χ1) is 16.9. The number of alkyl halides is 6. The van der Waals surface area contributed by atoms with E-state index >= 15 is 0 Å². The summed E-state index contributed by atoms with van der Waals surface area (Å²) >= 11 is 5.90. The molecule has 0 fully saturated rings. The largest absolute Gasteiger partial charge is 0.446 e. The number of para-hydroxylation sites is 1. The van der Waals surface area contributed by atoms with E-state index in [1.165, 1.54) is 60.7 Å². The first-order valence-electron chi connectivity index (χ1n) is 10.1. The molecule has 0 spiro atoms. The number of thioether (sulfide) groups is 1. The molecule has 1 aromatic heterocycles. The number of anilines is 1. The van der Waals surface area contributed by atoms with Gasteiger partial charge in [-0.1, -0.05) is 35.9 Å². The third-order valence-electron chi connectivity index (χ3n) is 4.87. The fourth-order valence-electron chi connectivity index (χ4n) is 3.27. The van der Waals surface area contributed by atoms with Crippen LogP contribution in [0.3, 0.4) is 0 Å². The Bertz CT molecular complexity index is 1390. The number of aromatic nitrogens is 2. The predicted octanol–water partition coefficient (Wildman–Crippen LogP) is 8.32. The maximum Gasteiger partial charge on any atom is 0.446 e. The zero-order chi connectivity index (χ0) is 26.1. The zero-order valence-corrected chi connectivity index (χ0v) is 19.4. The lowest BCUT2D eigenvalue weighted by Crippen LogP contribution is -2.11. The third-order valence-corrected chi connectivity index (χ3v) is 5.93. The summed E-state index contributed by atoms with van der Waals surface area (Å²) in [6.07, 6.45) is -4.69. The normalized spacial score (nSPS) is 12.0. The van der Waals surface area contributed by atoms with Crippen molar-refractivity contribution in [2.45, 2.75) is 16.6 Å². The van der Waals surface area contributed by atoms with Gasteiger partial charge in [-0.2, -0.15) is 31.4 Å². The van der Waals surface area contributed by atoms with Crippen LogP contribution in [0.5, 0.6) is 0 Å². The van der Waals surface area contributed by atoms with Gasteiger partial charge < -0.3 is 5.32 Å². The highest BCUT2D eigenvalue weighted by molar-refractivity contribution is 8.00. The highest BCUT2D eigenvalue weighted by Gasteiger charge is 2.35. The average molecular weight is 544 g/mol. The van der Waals surface area contributed by atoms with Gasteiger partial charge in [0.2, 0.25) is 0 Å². The van der Waals surface area contributed by atoms with Crippen LogP contribution in [0.25, 0.3) is 16.9 Å². The van der Waals surface area contributed by atoms with Gasteiger partial charge in [0.15, 0.2) is 5.69 Å². The number of carbonyl (C=O) groups excluding carboxylic acids is 1. The Hall–Kier alpha value is -3.44. The Labute approximate surface area is 211 Å². The van der Waals surface area contributed by atoms with Crippen molar-refractivity contribution >= 4 is 35.0 Å². The molecule has 4 rings (SSSR count). The second kappa shape index (κ2) is 9.90. The molecule has 1 heterocycles. The Morgan fingerprint density at radius 3 is 2.14 bits per heavy atom. The molecule has 0 saturated heterocycles. The highest BCUT2D eigenvalue weighted by Crippen LogP contribution is 2.37. The molecule has 0 radical (unpaired) electrons. The first-order valence-corrected chi connectivity index (χ1v) is 11.3. The van der Waals surface area contributed by atoms with Crippen molar-refractivity contribution in [1.29, 1.82) is 0 Å². The quantitative estimate of drug-likeness (QED) is 0.203. The number of halogens is 7. The lowest BCUT2D eigenvalue weighted by Gasteiger charge is -2.10. The predicted molar refractivity (Wildman–Crippen MR) is 127 cm³/mol. The second-order valence-electron chi connectivity index (χ2n) is 7.38. The molecule has 3 aromatic carbocycles. The Morgan fingerprint density at radius 2 is 1.56 bits per heavy atom. The molecular weight excluding hydrogens is 528 g/mol. The lowest BCUT2D eigenvalue weighted by molar-refractivity contribution is -0.141. The van der Waals surface area contributed by atoms with Gasteiger partial charge in [0, 0.05) is 23.1 Å². The van der Waals surface area contributed by atoms with Crippen molar-refractivity contribution in [2.24, 2.45) is 0 Å². The summed E-state index contributed by atoms with van der Waals surface area (Å²) in [5, 5.41) is 6.45. The summed E-state index contributed by atoms with van der Waals surface area (Å²) in [5.41, 5.74) is -4.35. The second-order valence-corrected chi connectivity index (χ2v) is 8.93. The number of nitrogens with one attached hydrogen (secondary N) is 1. The number of benzene rings is 3. The summed E-state index contributed by atoms with van der Waals surface area (Å²) in [4.78, 5) is 12.5. The Kier molecular flexibility index (Phi) is 7.05. The van der Waals surface area contributed by atoms with Gasteiger partial charge in [-0.05, 0) is 66.4 Å². The van der Waals surface area contributed by atoms with Crippen molar-refractivity contribution in [3.05, 3.63) is 95.1 Å². The zero-order valence-electron chi connectivity index (χ0n) is 17.9. The molecule has 0 atom stereocenters. The van der Waals surface area contributed by atoms with E-state index in [4.69, 9.17) is 11.6 Å². The molecule has 1 amide bonds. The maximum atomic E-state index is 13.4. The van der Waals surface area contributed by atoms with Gasteiger partial charge >= 0.3 is 11.7 Å². The fourth-order valence-corrected chi connectivity index (χ4v) is 4.02. The summed E-state index contributed by atoms with van der Waals surface area (Å²) in [6, 6.07) is 18.1. The molecule has 188 valence electrons. The van der Waals surface area contributed by atoms with Crippen LogP contribution in [0.2, 0.25) is 5.02 Å². The molecule has 4 aromatic rings. The van der Waals surface area contributed by atoms with Crippen LogP contribution < -0.4 is 5.32 Å². The minimum Gasteiger partial charge on any atom is -0.322 e. The van der Waals surface area contributed by atoms with Gasteiger partial charge in [0.1, 0.15) is 0 Å². The van der Waals surface area contributed by atoms with Crippen LogP contribution in [0, 0.1) is 0 Å². The third kappa shape index (κ3) is 6.03. The van der Waals surface area contributed by atoms with E-state index < -0.39 is 23.3 Å². The number of hydrogen-bond acceptors (Lipinski definition) is 3. The van der Waals surface area contributed by atoms with Crippen LogP contribution in [0.4, 0.5) is 32.0 Å². The number of carbonyl (C=O) groups is 1. The molecule has 0 unspecified atom stereocenters. The molecule has 0 aliphatic heterocycles. The molecule has 0 bridgehead atoms. The van der Waals surface area contributed by atoms with Gasteiger partial charge in [-0.15, -0.1) is 0 Å². The van der Waals surface area contributed by atoms with Crippen molar-refractivity contribution in [3.8, 4) is 16.9 Å². The standard InChI is InChI=1S/C24H14ClF6N3OS.H2/c25-18-3-1-2-4-19(18)34-20(13-21(33-34)23(26,27)28)14-5-7-15(8-6-14)22(35)32-16-9-11-17(12-10-16)36-24(29,30)31;/h1-13H,(H,32,35);1H. The Balaban J connectivity index is 0.00000380.